The maximum Gasteiger partial charge on any atom is 0.246 e. The number of rotatable bonds is 2. The molecule has 2 saturated heterocycles. The summed E-state index contributed by atoms with van der Waals surface area (Å²) in [5.41, 5.74) is 0.861. The highest BCUT2D eigenvalue weighted by Gasteiger charge is 2.50. The molecule has 108 valence electrons. The molecule has 0 saturated carbocycles. The highest BCUT2D eigenvalue weighted by atomic mass is 35.5. The molecule has 0 aliphatic carbocycles. The summed E-state index contributed by atoms with van der Waals surface area (Å²) in [7, 11) is 0. The van der Waals surface area contributed by atoms with Crippen LogP contribution in [0.5, 0.6) is 0 Å². The third kappa shape index (κ3) is 1.98. The van der Waals surface area contributed by atoms with Gasteiger partial charge in [-0.3, -0.25) is 14.6 Å². The van der Waals surface area contributed by atoms with E-state index < -0.39 is 0 Å². The number of hydrogen-bond acceptors (Lipinski definition) is 3. The number of carbonyl (C=O) groups is 1. The van der Waals surface area contributed by atoms with E-state index >= 15 is 0 Å². The van der Waals surface area contributed by atoms with E-state index in [-0.39, 0.29) is 18.1 Å². The lowest BCUT2D eigenvalue weighted by molar-refractivity contribution is -0.119. The summed E-state index contributed by atoms with van der Waals surface area (Å²) in [5.74, 6) is 0.957. The monoisotopic (exact) mass is 302 g/mol. The van der Waals surface area contributed by atoms with Crippen LogP contribution in [-0.4, -0.2) is 23.4 Å². The molecule has 1 aromatic heterocycles. The number of fused-ring (bicyclic) bond motifs is 1. The van der Waals surface area contributed by atoms with Crippen LogP contribution >= 0.6 is 11.6 Å². The fourth-order valence-electron chi connectivity index (χ4n) is 3.38. The molecule has 1 aromatic carbocycles. The summed E-state index contributed by atoms with van der Waals surface area (Å²) >= 11 is 5.95. The fourth-order valence-corrected chi connectivity index (χ4v) is 3.50. The molecule has 0 spiro atoms. The number of nitrogens with zero attached hydrogens (tertiary/aromatic N) is 2. The van der Waals surface area contributed by atoms with Gasteiger partial charge >= 0.3 is 0 Å². The molecule has 4 nitrogen and oxygen atoms in total. The van der Waals surface area contributed by atoms with Crippen molar-refractivity contribution in [1.82, 2.24) is 4.90 Å². The van der Waals surface area contributed by atoms with E-state index in [1.807, 2.05) is 41.3 Å². The van der Waals surface area contributed by atoms with Gasteiger partial charge in [-0.15, -0.1) is 0 Å². The van der Waals surface area contributed by atoms with Gasteiger partial charge in [-0.25, -0.2) is 0 Å². The van der Waals surface area contributed by atoms with E-state index in [0.717, 1.165) is 30.8 Å². The second-order valence-corrected chi connectivity index (χ2v) is 5.91. The molecule has 0 N–H and O–H groups in total. The summed E-state index contributed by atoms with van der Waals surface area (Å²) in [6.45, 7) is 0.922. The van der Waals surface area contributed by atoms with Crippen molar-refractivity contribution >= 4 is 23.2 Å². The molecule has 2 fully saturated rings. The maximum absolute atomic E-state index is 12.8. The Kier molecular flexibility index (Phi) is 3.01. The number of hydrogen-bond donors (Lipinski definition) is 0. The molecule has 0 radical (unpaired) electrons. The molecule has 2 unspecified atom stereocenters. The van der Waals surface area contributed by atoms with Crippen molar-refractivity contribution in [2.75, 3.05) is 11.4 Å². The number of anilines is 1. The van der Waals surface area contributed by atoms with E-state index in [0.29, 0.717) is 5.02 Å². The van der Waals surface area contributed by atoms with Crippen LogP contribution in [0.1, 0.15) is 24.8 Å². The van der Waals surface area contributed by atoms with Crippen LogP contribution in [0.15, 0.2) is 47.1 Å². The van der Waals surface area contributed by atoms with Crippen molar-refractivity contribution in [3.05, 3.63) is 53.4 Å². The van der Waals surface area contributed by atoms with Gasteiger partial charge in [-0.05, 0) is 49.2 Å². The minimum atomic E-state index is -0.152. The molecular formula is C16H15ClN2O2. The first kappa shape index (κ1) is 12.9. The zero-order chi connectivity index (χ0) is 14.4. The normalized spacial score (nSPS) is 25.6. The summed E-state index contributed by atoms with van der Waals surface area (Å²) in [6, 6.07) is 11.2. The van der Waals surface area contributed by atoms with Gasteiger partial charge in [0.25, 0.3) is 0 Å². The Morgan fingerprint density at radius 1 is 1.19 bits per heavy atom. The molecular weight excluding hydrogens is 288 g/mol. The zero-order valence-electron chi connectivity index (χ0n) is 11.4. The molecule has 4 rings (SSSR count). The summed E-state index contributed by atoms with van der Waals surface area (Å²) in [4.78, 5) is 16.9. The first-order valence-corrected chi connectivity index (χ1v) is 7.51. The molecule has 1 amide bonds. The summed E-state index contributed by atoms with van der Waals surface area (Å²) < 4.78 is 5.59. The van der Waals surface area contributed by atoms with Gasteiger partial charge in [0.2, 0.25) is 5.91 Å². The Morgan fingerprint density at radius 2 is 2.00 bits per heavy atom. The zero-order valence-corrected chi connectivity index (χ0v) is 12.2. The van der Waals surface area contributed by atoms with E-state index in [9.17, 15) is 4.79 Å². The molecule has 2 aliphatic heterocycles. The molecule has 21 heavy (non-hydrogen) atoms. The highest BCUT2D eigenvalue weighted by molar-refractivity contribution is 6.30. The van der Waals surface area contributed by atoms with E-state index in [1.54, 1.807) is 6.26 Å². The predicted octanol–water partition coefficient (Wildman–Crippen LogP) is 3.44. The average molecular weight is 303 g/mol. The van der Waals surface area contributed by atoms with Crippen LogP contribution in [0.4, 0.5) is 5.69 Å². The number of carbonyl (C=O) groups excluding carboxylic acids is 1. The van der Waals surface area contributed by atoms with Crippen LogP contribution in [0.3, 0.4) is 0 Å². The van der Waals surface area contributed by atoms with Crippen molar-refractivity contribution < 1.29 is 9.21 Å². The number of amides is 1. The molecule has 2 atom stereocenters. The SMILES string of the molecule is O=C1C2CCCN2C(c2ccco2)N1c1ccc(Cl)cc1. The lowest BCUT2D eigenvalue weighted by Gasteiger charge is -2.27. The van der Waals surface area contributed by atoms with Gasteiger partial charge in [0.05, 0.1) is 12.3 Å². The van der Waals surface area contributed by atoms with Crippen molar-refractivity contribution in [2.45, 2.75) is 25.0 Å². The smallest absolute Gasteiger partial charge is 0.246 e. The Hall–Kier alpha value is -1.78. The highest BCUT2D eigenvalue weighted by Crippen LogP contribution is 2.42. The van der Waals surface area contributed by atoms with E-state index in [2.05, 4.69) is 4.90 Å². The number of halogens is 1. The van der Waals surface area contributed by atoms with Crippen molar-refractivity contribution in [3.63, 3.8) is 0 Å². The molecule has 2 aliphatic rings. The predicted molar refractivity (Wildman–Crippen MR) is 80.1 cm³/mol. The van der Waals surface area contributed by atoms with Gasteiger partial charge in [0.15, 0.2) is 0 Å². The second kappa shape index (κ2) is 4.90. The van der Waals surface area contributed by atoms with E-state index in [1.165, 1.54) is 0 Å². The van der Waals surface area contributed by atoms with Gasteiger partial charge in [-0.2, -0.15) is 0 Å². The minimum absolute atomic E-state index is 0.0317. The first-order chi connectivity index (χ1) is 10.3. The topological polar surface area (TPSA) is 36.7 Å². The number of furan rings is 1. The number of benzene rings is 1. The summed E-state index contributed by atoms with van der Waals surface area (Å²) in [6.07, 6.45) is 3.48. The largest absolute Gasteiger partial charge is 0.466 e. The Balaban J connectivity index is 1.79. The Bertz CT molecular complexity index is 653. The molecule has 0 bridgehead atoms. The summed E-state index contributed by atoms with van der Waals surface area (Å²) in [5, 5.41) is 0.667. The second-order valence-electron chi connectivity index (χ2n) is 5.47. The van der Waals surface area contributed by atoms with Gasteiger partial charge in [0.1, 0.15) is 11.9 Å². The lowest BCUT2D eigenvalue weighted by Crippen LogP contribution is -2.31. The van der Waals surface area contributed by atoms with Crippen molar-refractivity contribution in [1.29, 1.82) is 0 Å². The van der Waals surface area contributed by atoms with Crippen LogP contribution in [0.25, 0.3) is 0 Å². The van der Waals surface area contributed by atoms with Crippen LogP contribution in [0.2, 0.25) is 5.02 Å². The first-order valence-electron chi connectivity index (χ1n) is 7.13. The van der Waals surface area contributed by atoms with Crippen LogP contribution in [-0.2, 0) is 4.79 Å². The lowest BCUT2D eigenvalue weighted by atomic mass is 10.2. The standard InChI is InChI=1S/C16H15ClN2O2/c17-11-5-7-12(8-6-11)19-15(14-4-2-10-21-14)18-9-1-3-13(18)16(19)20/h2,4-8,10,13,15H,1,3,9H2. The van der Waals surface area contributed by atoms with Gasteiger partial charge in [0, 0.05) is 17.3 Å². The third-order valence-corrected chi connectivity index (χ3v) is 4.53. The third-order valence-electron chi connectivity index (χ3n) is 4.28. The Morgan fingerprint density at radius 3 is 2.71 bits per heavy atom. The van der Waals surface area contributed by atoms with E-state index in [4.69, 9.17) is 16.0 Å². The molecule has 2 aromatic rings. The van der Waals surface area contributed by atoms with Gasteiger partial charge < -0.3 is 4.42 Å². The van der Waals surface area contributed by atoms with Crippen molar-refractivity contribution in [2.24, 2.45) is 0 Å². The Labute approximate surface area is 127 Å². The molecule has 5 heteroatoms. The fraction of sp³-hybridized carbons (Fsp3) is 0.312. The average Bonchev–Trinajstić information content (AvgIpc) is 3.19. The molecule has 3 heterocycles. The van der Waals surface area contributed by atoms with Gasteiger partial charge in [-0.1, -0.05) is 11.6 Å². The van der Waals surface area contributed by atoms with Crippen LogP contribution < -0.4 is 4.90 Å². The van der Waals surface area contributed by atoms with Crippen LogP contribution in [0, 0.1) is 0 Å². The quantitative estimate of drug-likeness (QED) is 0.852. The maximum atomic E-state index is 12.8. The van der Waals surface area contributed by atoms with Crippen molar-refractivity contribution in [3.8, 4) is 0 Å². The minimum Gasteiger partial charge on any atom is -0.466 e.